The zero-order valence-corrected chi connectivity index (χ0v) is 18.8. The van der Waals surface area contributed by atoms with Gasteiger partial charge in [-0.05, 0) is 73.2 Å². The van der Waals surface area contributed by atoms with E-state index in [1.807, 2.05) is 18.2 Å². The van der Waals surface area contributed by atoms with E-state index < -0.39 is 10.0 Å². The first kappa shape index (κ1) is 20.3. The van der Waals surface area contributed by atoms with Crippen molar-refractivity contribution in [3.8, 4) is 5.75 Å². The van der Waals surface area contributed by atoms with Gasteiger partial charge < -0.3 is 15.0 Å². The second kappa shape index (κ2) is 8.01. The Labute approximate surface area is 179 Å². The summed E-state index contributed by atoms with van der Waals surface area (Å²) in [6.45, 7) is 2.03. The second-order valence-electron chi connectivity index (χ2n) is 7.38. The SMILES string of the molecule is COc1ccc(S(=O)(=O)n2cc(Br)c3ccccc32)cc1NC1CCN(C)CC1. The number of nitrogens with one attached hydrogen (secondary N) is 1. The molecule has 1 saturated heterocycles. The van der Waals surface area contributed by atoms with E-state index in [4.69, 9.17) is 4.74 Å². The number of nitrogens with zero attached hydrogens (tertiary/aromatic N) is 2. The van der Waals surface area contributed by atoms with Crippen LogP contribution in [0.4, 0.5) is 5.69 Å². The highest BCUT2D eigenvalue weighted by Gasteiger charge is 2.23. The number of hydrogen-bond donors (Lipinski definition) is 1. The average molecular weight is 478 g/mol. The standard InChI is InChI=1S/C21H24BrN3O3S/c1-24-11-9-15(10-12-24)23-19-13-16(7-8-21(19)28-2)29(26,27)25-14-18(22)17-5-3-4-6-20(17)25/h3-8,13-15,23H,9-12H2,1-2H3. The molecule has 0 saturated carbocycles. The molecule has 6 nitrogen and oxygen atoms in total. The molecule has 1 aromatic heterocycles. The minimum absolute atomic E-state index is 0.224. The maximum atomic E-state index is 13.4. The molecule has 0 aliphatic carbocycles. The van der Waals surface area contributed by atoms with E-state index in [0.29, 0.717) is 23.0 Å². The lowest BCUT2D eigenvalue weighted by atomic mass is 10.1. The molecular formula is C21H24BrN3O3S. The van der Waals surface area contributed by atoms with Gasteiger partial charge in [0.25, 0.3) is 10.0 Å². The molecule has 2 aromatic carbocycles. The normalized spacial score (nSPS) is 16.2. The van der Waals surface area contributed by atoms with Gasteiger partial charge in [0, 0.05) is 22.1 Å². The average Bonchev–Trinajstić information content (AvgIpc) is 3.07. The maximum Gasteiger partial charge on any atom is 0.268 e. The Morgan fingerprint density at radius 1 is 1.14 bits per heavy atom. The van der Waals surface area contributed by atoms with E-state index in [0.717, 1.165) is 35.8 Å². The fraction of sp³-hybridized carbons (Fsp3) is 0.333. The Bertz CT molecular complexity index is 1140. The van der Waals surface area contributed by atoms with Crippen molar-refractivity contribution < 1.29 is 13.2 Å². The molecule has 0 amide bonds. The van der Waals surface area contributed by atoms with Crippen molar-refractivity contribution in [2.75, 3.05) is 32.6 Å². The van der Waals surface area contributed by atoms with E-state index in [9.17, 15) is 8.42 Å². The summed E-state index contributed by atoms with van der Waals surface area (Å²) in [6, 6.07) is 12.7. The Hall–Kier alpha value is -2.03. The molecule has 154 valence electrons. The lowest BCUT2D eigenvalue weighted by Gasteiger charge is -2.30. The highest BCUT2D eigenvalue weighted by molar-refractivity contribution is 9.10. The van der Waals surface area contributed by atoms with Crippen LogP contribution in [-0.2, 0) is 10.0 Å². The smallest absolute Gasteiger partial charge is 0.268 e. The number of ether oxygens (including phenoxy) is 1. The van der Waals surface area contributed by atoms with Gasteiger partial charge in [-0.3, -0.25) is 0 Å². The zero-order valence-electron chi connectivity index (χ0n) is 16.4. The van der Waals surface area contributed by atoms with Gasteiger partial charge in [-0.15, -0.1) is 0 Å². The maximum absolute atomic E-state index is 13.4. The molecule has 1 N–H and O–H groups in total. The van der Waals surface area contributed by atoms with Gasteiger partial charge >= 0.3 is 0 Å². The van der Waals surface area contributed by atoms with Crippen molar-refractivity contribution in [3.05, 3.63) is 53.1 Å². The summed E-state index contributed by atoms with van der Waals surface area (Å²) in [5.41, 5.74) is 1.35. The van der Waals surface area contributed by atoms with Crippen LogP contribution in [0.2, 0.25) is 0 Å². The highest BCUT2D eigenvalue weighted by atomic mass is 79.9. The summed E-state index contributed by atoms with van der Waals surface area (Å²) in [7, 11) is -0.0472. The summed E-state index contributed by atoms with van der Waals surface area (Å²) in [6.07, 6.45) is 3.62. The van der Waals surface area contributed by atoms with Crippen molar-refractivity contribution in [2.45, 2.75) is 23.8 Å². The topological polar surface area (TPSA) is 63.6 Å². The predicted octanol–water partition coefficient (Wildman–Crippen LogP) is 4.16. The minimum atomic E-state index is -3.76. The zero-order chi connectivity index (χ0) is 20.6. The van der Waals surface area contributed by atoms with Crippen LogP contribution in [0, 0.1) is 0 Å². The predicted molar refractivity (Wildman–Crippen MR) is 119 cm³/mol. The summed E-state index contributed by atoms with van der Waals surface area (Å²) in [5, 5.41) is 4.35. The van der Waals surface area contributed by atoms with Crippen LogP contribution in [0.1, 0.15) is 12.8 Å². The first-order valence-corrected chi connectivity index (χ1v) is 11.8. The van der Waals surface area contributed by atoms with Crippen LogP contribution in [0.25, 0.3) is 10.9 Å². The molecule has 8 heteroatoms. The van der Waals surface area contributed by atoms with Crippen molar-refractivity contribution in [1.82, 2.24) is 8.87 Å². The van der Waals surface area contributed by atoms with Crippen LogP contribution in [0.5, 0.6) is 5.75 Å². The molecule has 2 heterocycles. The highest BCUT2D eigenvalue weighted by Crippen LogP contribution is 2.33. The van der Waals surface area contributed by atoms with Crippen molar-refractivity contribution >= 4 is 42.5 Å². The molecule has 1 fully saturated rings. The Morgan fingerprint density at radius 3 is 2.59 bits per heavy atom. The van der Waals surface area contributed by atoms with Crippen LogP contribution < -0.4 is 10.1 Å². The molecule has 4 rings (SSSR count). The quantitative estimate of drug-likeness (QED) is 0.597. The van der Waals surface area contributed by atoms with Crippen LogP contribution in [-0.4, -0.2) is 50.6 Å². The molecule has 1 aliphatic heterocycles. The van der Waals surface area contributed by atoms with Gasteiger partial charge in [0.05, 0.1) is 23.2 Å². The van der Waals surface area contributed by atoms with Gasteiger partial charge in [-0.25, -0.2) is 12.4 Å². The summed E-state index contributed by atoms with van der Waals surface area (Å²) in [4.78, 5) is 2.52. The lowest BCUT2D eigenvalue weighted by Crippen LogP contribution is -2.36. The summed E-state index contributed by atoms with van der Waals surface area (Å²) < 4.78 is 34.4. The number of anilines is 1. The third kappa shape index (κ3) is 3.89. The van der Waals surface area contributed by atoms with Gasteiger partial charge in [-0.1, -0.05) is 18.2 Å². The molecule has 0 bridgehead atoms. The number of halogens is 1. The summed E-state index contributed by atoms with van der Waals surface area (Å²) >= 11 is 3.47. The lowest BCUT2D eigenvalue weighted by molar-refractivity contribution is 0.263. The van der Waals surface area contributed by atoms with E-state index in [1.165, 1.54) is 3.97 Å². The Kier molecular flexibility index (Phi) is 5.59. The molecule has 0 radical (unpaired) electrons. The van der Waals surface area contributed by atoms with Gasteiger partial charge in [0.2, 0.25) is 0 Å². The first-order valence-electron chi connectivity index (χ1n) is 9.54. The number of benzene rings is 2. The number of para-hydroxylation sites is 1. The van der Waals surface area contributed by atoms with E-state index in [2.05, 4.69) is 33.2 Å². The third-order valence-corrected chi connectivity index (χ3v) is 7.74. The van der Waals surface area contributed by atoms with E-state index >= 15 is 0 Å². The van der Waals surface area contributed by atoms with Crippen LogP contribution in [0.3, 0.4) is 0 Å². The number of piperidine rings is 1. The Morgan fingerprint density at radius 2 is 1.86 bits per heavy atom. The Balaban J connectivity index is 1.72. The molecule has 3 aromatic rings. The second-order valence-corrected chi connectivity index (χ2v) is 10.0. The van der Waals surface area contributed by atoms with Crippen molar-refractivity contribution in [2.24, 2.45) is 0 Å². The fourth-order valence-corrected chi connectivity index (χ4v) is 5.83. The number of rotatable bonds is 5. The largest absolute Gasteiger partial charge is 0.495 e. The van der Waals surface area contributed by atoms with Gasteiger partial charge in [0.15, 0.2) is 0 Å². The molecule has 0 atom stereocenters. The van der Waals surface area contributed by atoms with Gasteiger partial charge in [-0.2, -0.15) is 0 Å². The molecular weight excluding hydrogens is 454 g/mol. The number of fused-ring (bicyclic) bond motifs is 1. The molecule has 1 aliphatic rings. The van der Waals surface area contributed by atoms with Crippen molar-refractivity contribution in [1.29, 1.82) is 0 Å². The van der Waals surface area contributed by atoms with Crippen LogP contribution >= 0.6 is 15.9 Å². The fourth-order valence-electron chi connectivity index (χ4n) is 3.76. The van der Waals surface area contributed by atoms with E-state index in [1.54, 1.807) is 37.6 Å². The number of likely N-dealkylation sites (tertiary alicyclic amines) is 1. The van der Waals surface area contributed by atoms with Crippen molar-refractivity contribution in [3.63, 3.8) is 0 Å². The molecule has 0 unspecified atom stereocenters. The first-order chi connectivity index (χ1) is 13.9. The van der Waals surface area contributed by atoms with Crippen LogP contribution in [0.15, 0.2) is 58.0 Å². The molecule has 0 spiro atoms. The van der Waals surface area contributed by atoms with Gasteiger partial charge in [0.1, 0.15) is 5.75 Å². The van der Waals surface area contributed by atoms with E-state index in [-0.39, 0.29) is 4.90 Å². The number of methoxy groups -OCH3 is 1. The monoisotopic (exact) mass is 477 g/mol. The third-order valence-electron chi connectivity index (χ3n) is 5.44. The number of aromatic nitrogens is 1. The summed E-state index contributed by atoms with van der Waals surface area (Å²) in [5.74, 6) is 0.640. The number of hydrogen-bond acceptors (Lipinski definition) is 5. The molecule has 29 heavy (non-hydrogen) atoms. The minimum Gasteiger partial charge on any atom is -0.495 e.